The van der Waals surface area contributed by atoms with Gasteiger partial charge in [0.1, 0.15) is 16.3 Å². The lowest BCUT2D eigenvalue weighted by molar-refractivity contribution is 0.0946. The van der Waals surface area contributed by atoms with E-state index in [-0.39, 0.29) is 5.91 Å². The Hall–Kier alpha value is -2.70. The molecule has 0 aliphatic carbocycles. The Labute approximate surface area is 159 Å². The van der Waals surface area contributed by atoms with Gasteiger partial charge >= 0.3 is 0 Å². The number of aryl methyl sites for hydroxylation is 1. The van der Waals surface area contributed by atoms with Gasteiger partial charge in [0.2, 0.25) is 0 Å². The zero-order valence-corrected chi connectivity index (χ0v) is 15.5. The Kier molecular flexibility index (Phi) is 4.44. The Balaban J connectivity index is 1.46. The lowest BCUT2D eigenvalue weighted by Gasteiger charge is -2.00. The number of aromatic nitrogens is 3. The standard InChI is InChI=1S/C19H15ClN4OS/c1-12-3-2-4-17-22-15(10-24(12)17)9-21-18(25)16-11-26-19(23-16)13-5-7-14(20)8-6-13/h2-8,10-11H,9H2,1H3,(H,21,25). The highest BCUT2D eigenvalue weighted by atomic mass is 35.5. The molecule has 1 N–H and O–H groups in total. The van der Waals surface area contributed by atoms with Crippen molar-refractivity contribution in [1.82, 2.24) is 19.7 Å². The fourth-order valence-electron chi connectivity index (χ4n) is 2.65. The molecule has 7 heteroatoms. The maximum Gasteiger partial charge on any atom is 0.271 e. The number of hydrogen-bond acceptors (Lipinski definition) is 4. The van der Waals surface area contributed by atoms with E-state index in [1.165, 1.54) is 11.3 Å². The van der Waals surface area contributed by atoms with Crippen molar-refractivity contribution in [2.75, 3.05) is 0 Å². The van der Waals surface area contributed by atoms with Gasteiger partial charge in [-0.15, -0.1) is 11.3 Å². The molecule has 0 bridgehead atoms. The van der Waals surface area contributed by atoms with Crippen molar-refractivity contribution in [2.24, 2.45) is 0 Å². The second-order valence-corrected chi connectivity index (χ2v) is 7.15. The summed E-state index contributed by atoms with van der Waals surface area (Å²) < 4.78 is 2.00. The van der Waals surface area contributed by atoms with Gasteiger partial charge in [0.05, 0.1) is 12.2 Å². The molecule has 0 saturated carbocycles. The number of amides is 1. The highest BCUT2D eigenvalue weighted by Crippen LogP contribution is 2.25. The monoisotopic (exact) mass is 382 g/mol. The first-order chi connectivity index (χ1) is 12.6. The average Bonchev–Trinajstić information content (AvgIpc) is 3.28. The first-order valence-electron chi connectivity index (χ1n) is 8.03. The van der Waals surface area contributed by atoms with Crippen LogP contribution >= 0.6 is 22.9 Å². The second kappa shape index (κ2) is 6.90. The van der Waals surface area contributed by atoms with E-state index in [1.54, 1.807) is 5.38 Å². The minimum absolute atomic E-state index is 0.213. The van der Waals surface area contributed by atoms with E-state index in [4.69, 9.17) is 11.6 Å². The van der Waals surface area contributed by atoms with Crippen molar-refractivity contribution in [3.05, 3.63) is 76.1 Å². The number of nitrogens with one attached hydrogen (secondary N) is 1. The molecule has 130 valence electrons. The van der Waals surface area contributed by atoms with Crippen molar-refractivity contribution in [3.63, 3.8) is 0 Å². The molecule has 0 unspecified atom stereocenters. The van der Waals surface area contributed by atoms with E-state index < -0.39 is 0 Å². The Morgan fingerprint density at radius 2 is 2.00 bits per heavy atom. The molecule has 1 aromatic carbocycles. The van der Waals surface area contributed by atoms with Gasteiger partial charge in [0.15, 0.2) is 0 Å². The molecule has 26 heavy (non-hydrogen) atoms. The van der Waals surface area contributed by atoms with Gasteiger partial charge in [-0.2, -0.15) is 0 Å². The molecule has 0 aliphatic rings. The Morgan fingerprint density at radius 1 is 1.19 bits per heavy atom. The van der Waals surface area contributed by atoms with Crippen molar-refractivity contribution < 1.29 is 4.79 Å². The first-order valence-corrected chi connectivity index (χ1v) is 9.29. The summed E-state index contributed by atoms with van der Waals surface area (Å²) in [5.74, 6) is -0.213. The summed E-state index contributed by atoms with van der Waals surface area (Å²) in [7, 11) is 0. The molecule has 4 aromatic rings. The van der Waals surface area contributed by atoms with Gasteiger partial charge in [0.25, 0.3) is 5.91 Å². The number of hydrogen-bond donors (Lipinski definition) is 1. The fraction of sp³-hybridized carbons (Fsp3) is 0.105. The van der Waals surface area contributed by atoms with E-state index >= 15 is 0 Å². The number of carbonyl (C=O) groups is 1. The number of pyridine rings is 1. The highest BCUT2D eigenvalue weighted by molar-refractivity contribution is 7.13. The van der Waals surface area contributed by atoms with Crippen LogP contribution in [0.1, 0.15) is 21.9 Å². The van der Waals surface area contributed by atoms with Crippen molar-refractivity contribution >= 4 is 34.5 Å². The first kappa shape index (κ1) is 16.8. The number of halogens is 1. The molecule has 0 radical (unpaired) electrons. The van der Waals surface area contributed by atoms with Crippen LogP contribution in [0.25, 0.3) is 16.2 Å². The maximum absolute atomic E-state index is 12.4. The van der Waals surface area contributed by atoms with E-state index in [9.17, 15) is 4.79 Å². The van der Waals surface area contributed by atoms with Crippen LogP contribution in [-0.2, 0) is 6.54 Å². The fourth-order valence-corrected chi connectivity index (χ4v) is 3.58. The van der Waals surface area contributed by atoms with Gasteiger partial charge in [-0.05, 0) is 31.2 Å². The highest BCUT2D eigenvalue weighted by Gasteiger charge is 2.12. The summed E-state index contributed by atoms with van der Waals surface area (Å²) in [5.41, 5.74) is 4.11. The molecule has 4 rings (SSSR count). The molecule has 0 spiro atoms. The van der Waals surface area contributed by atoms with Crippen LogP contribution in [0.3, 0.4) is 0 Å². The summed E-state index contributed by atoms with van der Waals surface area (Å²) >= 11 is 7.33. The molecule has 0 aliphatic heterocycles. The zero-order chi connectivity index (χ0) is 18.1. The van der Waals surface area contributed by atoms with Gasteiger partial charge in [0, 0.05) is 27.9 Å². The number of benzene rings is 1. The van der Waals surface area contributed by atoms with E-state index in [0.29, 0.717) is 17.3 Å². The van der Waals surface area contributed by atoms with Crippen molar-refractivity contribution in [3.8, 4) is 10.6 Å². The third kappa shape index (κ3) is 3.34. The predicted molar refractivity (Wildman–Crippen MR) is 104 cm³/mol. The second-order valence-electron chi connectivity index (χ2n) is 5.86. The summed E-state index contributed by atoms with van der Waals surface area (Å²) in [4.78, 5) is 21.3. The third-order valence-corrected chi connectivity index (χ3v) is 5.15. The third-order valence-electron chi connectivity index (χ3n) is 4.00. The number of rotatable bonds is 4. The number of thiazole rings is 1. The SMILES string of the molecule is Cc1cccc2nc(CNC(=O)c3csc(-c4ccc(Cl)cc4)n3)cn12. The van der Waals surface area contributed by atoms with Gasteiger partial charge in [-0.3, -0.25) is 4.79 Å². The van der Waals surface area contributed by atoms with Gasteiger partial charge in [-0.25, -0.2) is 9.97 Å². The van der Waals surface area contributed by atoms with Crippen LogP contribution in [-0.4, -0.2) is 20.3 Å². The quantitative estimate of drug-likeness (QED) is 0.570. The number of fused-ring (bicyclic) bond motifs is 1. The molecule has 0 saturated heterocycles. The molecule has 0 atom stereocenters. The van der Waals surface area contributed by atoms with Crippen molar-refractivity contribution in [1.29, 1.82) is 0 Å². The molecule has 0 fully saturated rings. The minimum atomic E-state index is -0.213. The van der Waals surface area contributed by atoms with Crippen LogP contribution < -0.4 is 5.32 Å². The number of nitrogens with zero attached hydrogens (tertiary/aromatic N) is 3. The lowest BCUT2D eigenvalue weighted by Crippen LogP contribution is -2.23. The van der Waals surface area contributed by atoms with Gasteiger partial charge in [-0.1, -0.05) is 29.8 Å². The van der Waals surface area contributed by atoms with E-state index in [0.717, 1.165) is 27.6 Å². The normalized spacial score (nSPS) is 11.0. The van der Waals surface area contributed by atoms with E-state index in [2.05, 4.69) is 15.3 Å². The molecule has 3 heterocycles. The van der Waals surface area contributed by atoms with Crippen LogP contribution in [0, 0.1) is 6.92 Å². The molecule has 5 nitrogen and oxygen atoms in total. The zero-order valence-electron chi connectivity index (χ0n) is 13.9. The van der Waals surface area contributed by atoms with Gasteiger partial charge < -0.3 is 9.72 Å². The smallest absolute Gasteiger partial charge is 0.271 e. The summed E-state index contributed by atoms with van der Waals surface area (Å²) in [6.45, 7) is 2.37. The Morgan fingerprint density at radius 3 is 2.77 bits per heavy atom. The van der Waals surface area contributed by atoms with E-state index in [1.807, 2.05) is 60.0 Å². The largest absolute Gasteiger partial charge is 0.345 e. The molecule has 1 amide bonds. The summed E-state index contributed by atoms with van der Waals surface area (Å²) in [6.07, 6.45) is 1.94. The topological polar surface area (TPSA) is 59.3 Å². The number of imidazole rings is 1. The summed E-state index contributed by atoms with van der Waals surface area (Å²) in [6, 6.07) is 13.3. The van der Waals surface area contributed by atoms with Crippen LogP contribution in [0.2, 0.25) is 5.02 Å². The minimum Gasteiger partial charge on any atom is -0.345 e. The molecule has 3 aromatic heterocycles. The van der Waals surface area contributed by atoms with Crippen molar-refractivity contribution in [2.45, 2.75) is 13.5 Å². The number of carbonyl (C=O) groups excluding carboxylic acids is 1. The summed E-state index contributed by atoms with van der Waals surface area (Å²) in [5, 5.41) is 6.09. The molecular formula is C19H15ClN4OS. The maximum atomic E-state index is 12.4. The predicted octanol–water partition coefficient (Wildman–Crippen LogP) is 4.35. The van der Waals surface area contributed by atoms with Crippen LogP contribution in [0.5, 0.6) is 0 Å². The average molecular weight is 383 g/mol. The lowest BCUT2D eigenvalue weighted by atomic mass is 10.2. The molecular weight excluding hydrogens is 368 g/mol. The Bertz CT molecular complexity index is 1080. The van der Waals surface area contributed by atoms with Crippen LogP contribution in [0.15, 0.2) is 54.0 Å². The van der Waals surface area contributed by atoms with Crippen LogP contribution in [0.4, 0.5) is 0 Å².